The average molecular weight is 275 g/mol. The van der Waals surface area contributed by atoms with Crippen molar-refractivity contribution in [3.8, 4) is 0 Å². The van der Waals surface area contributed by atoms with Crippen molar-refractivity contribution in [1.82, 2.24) is 14.9 Å². The van der Waals surface area contributed by atoms with E-state index in [1.807, 2.05) is 0 Å². The molecule has 0 bridgehead atoms. The second-order valence-electron chi connectivity index (χ2n) is 6.47. The number of hydrogen-bond acceptors (Lipinski definition) is 5. The van der Waals surface area contributed by atoms with E-state index >= 15 is 0 Å². The number of rotatable bonds is 3. The molecule has 0 aromatic carbocycles. The molecule has 1 aromatic rings. The molecule has 2 N–H and O–H groups in total. The number of aromatic nitrogens is 2. The van der Waals surface area contributed by atoms with Gasteiger partial charge in [0, 0.05) is 49.5 Å². The zero-order chi connectivity index (χ0) is 14.2. The molecule has 2 aliphatic rings. The summed E-state index contributed by atoms with van der Waals surface area (Å²) >= 11 is 0. The highest BCUT2D eigenvalue weighted by Gasteiger charge is 2.30. The maximum atomic E-state index is 5.88. The molecule has 0 spiro atoms. The fourth-order valence-electron chi connectivity index (χ4n) is 3.27. The minimum absolute atomic E-state index is 0.0969. The first kappa shape index (κ1) is 13.8. The van der Waals surface area contributed by atoms with E-state index in [1.54, 1.807) is 6.33 Å². The van der Waals surface area contributed by atoms with E-state index in [0.717, 1.165) is 39.0 Å². The Bertz CT molecular complexity index is 477. The molecular formula is C15H25N5. The lowest BCUT2D eigenvalue weighted by atomic mass is 10.0. The predicted octanol–water partition coefficient (Wildman–Crippen LogP) is 0.825. The van der Waals surface area contributed by atoms with E-state index in [4.69, 9.17) is 5.73 Å². The molecule has 5 heteroatoms. The molecule has 1 aromatic heterocycles. The molecule has 1 fully saturated rings. The highest BCUT2D eigenvalue weighted by atomic mass is 15.3. The fraction of sp³-hybridized carbons (Fsp3) is 0.733. The summed E-state index contributed by atoms with van der Waals surface area (Å²) in [6.45, 7) is 9.34. The summed E-state index contributed by atoms with van der Waals surface area (Å²) < 4.78 is 0. The number of nitrogens with two attached hydrogens (primary N) is 1. The van der Waals surface area contributed by atoms with Crippen LogP contribution in [-0.2, 0) is 12.8 Å². The van der Waals surface area contributed by atoms with Crippen molar-refractivity contribution in [3.05, 3.63) is 17.6 Å². The summed E-state index contributed by atoms with van der Waals surface area (Å²) in [5.41, 5.74) is 8.63. The van der Waals surface area contributed by atoms with Gasteiger partial charge in [-0.2, -0.15) is 0 Å². The predicted molar refractivity (Wildman–Crippen MR) is 81.0 cm³/mol. The van der Waals surface area contributed by atoms with Gasteiger partial charge >= 0.3 is 0 Å². The molecule has 1 saturated heterocycles. The summed E-state index contributed by atoms with van der Waals surface area (Å²) in [6, 6.07) is 0. The molecular weight excluding hydrogens is 250 g/mol. The van der Waals surface area contributed by atoms with Crippen LogP contribution in [0.4, 0.5) is 5.82 Å². The van der Waals surface area contributed by atoms with Gasteiger partial charge in [-0.25, -0.2) is 9.97 Å². The smallest absolute Gasteiger partial charge is 0.135 e. The average Bonchev–Trinajstić information content (AvgIpc) is 2.95. The number of hydrogen-bond donors (Lipinski definition) is 1. The lowest BCUT2D eigenvalue weighted by Gasteiger charge is -2.44. The van der Waals surface area contributed by atoms with E-state index in [0.29, 0.717) is 6.54 Å². The van der Waals surface area contributed by atoms with E-state index in [2.05, 4.69) is 33.6 Å². The molecule has 3 rings (SSSR count). The van der Waals surface area contributed by atoms with Crippen LogP contribution < -0.4 is 10.6 Å². The van der Waals surface area contributed by atoms with Crippen molar-refractivity contribution in [1.29, 1.82) is 0 Å². The third-order valence-corrected chi connectivity index (χ3v) is 4.79. The molecule has 1 aliphatic heterocycles. The maximum Gasteiger partial charge on any atom is 0.135 e. The highest BCUT2D eigenvalue weighted by Crippen LogP contribution is 2.29. The molecule has 110 valence electrons. The molecule has 20 heavy (non-hydrogen) atoms. The van der Waals surface area contributed by atoms with Crippen LogP contribution in [-0.4, -0.2) is 53.1 Å². The molecule has 1 aliphatic carbocycles. The monoisotopic (exact) mass is 275 g/mol. The van der Waals surface area contributed by atoms with Crippen molar-refractivity contribution in [2.24, 2.45) is 5.73 Å². The first-order valence-electron chi connectivity index (χ1n) is 7.64. The van der Waals surface area contributed by atoms with Gasteiger partial charge in [0.05, 0.1) is 0 Å². The SMILES string of the molecule is CC(C)(CN)N1CCN(c2ncnc3c2CCC3)CC1. The Kier molecular flexibility index (Phi) is 3.65. The fourth-order valence-corrected chi connectivity index (χ4v) is 3.27. The first-order chi connectivity index (χ1) is 9.62. The molecule has 5 nitrogen and oxygen atoms in total. The van der Waals surface area contributed by atoms with Crippen LogP contribution in [0.5, 0.6) is 0 Å². The third-order valence-electron chi connectivity index (χ3n) is 4.79. The van der Waals surface area contributed by atoms with Crippen LogP contribution in [0.15, 0.2) is 6.33 Å². The topological polar surface area (TPSA) is 58.3 Å². The summed E-state index contributed by atoms with van der Waals surface area (Å²) in [7, 11) is 0. The lowest BCUT2D eigenvalue weighted by molar-refractivity contribution is 0.119. The Morgan fingerprint density at radius 3 is 2.60 bits per heavy atom. The van der Waals surface area contributed by atoms with Crippen LogP contribution in [0.1, 0.15) is 31.5 Å². The Balaban J connectivity index is 1.72. The zero-order valence-corrected chi connectivity index (χ0v) is 12.6. The van der Waals surface area contributed by atoms with E-state index < -0.39 is 0 Å². The van der Waals surface area contributed by atoms with Crippen molar-refractivity contribution in [3.63, 3.8) is 0 Å². The van der Waals surface area contributed by atoms with E-state index in [1.165, 1.54) is 23.5 Å². The number of anilines is 1. The van der Waals surface area contributed by atoms with Crippen molar-refractivity contribution < 1.29 is 0 Å². The van der Waals surface area contributed by atoms with Gasteiger partial charge in [-0.3, -0.25) is 4.90 Å². The number of nitrogens with zero attached hydrogens (tertiary/aromatic N) is 4. The Labute approximate surface area is 121 Å². The highest BCUT2D eigenvalue weighted by molar-refractivity contribution is 5.50. The van der Waals surface area contributed by atoms with E-state index in [9.17, 15) is 0 Å². The molecule has 0 amide bonds. The van der Waals surface area contributed by atoms with Gasteiger partial charge < -0.3 is 10.6 Å². The maximum absolute atomic E-state index is 5.88. The Morgan fingerprint density at radius 1 is 1.15 bits per heavy atom. The summed E-state index contributed by atoms with van der Waals surface area (Å²) in [5.74, 6) is 1.18. The number of fused-ring (bicyclic) bond motifs is 1. The Hall–Kier alpha value is -1.20. The van der Waals surface area contributed by atoms with Crippen LogP contribution >= 0.6 is 0 Å². The largest absolute Gasteiger partial charge is 0.354 e. The minimum atomic E-state index is 0.0969. The van der Waals surface area contributed by atoms with Gasteiger partial charge in [-0.15, -0.1) is 0 Å². The summed E-state index contributed by atoms with van der Waals surface area (Å²) in [4.78, 5) is 13.9. The van der Waals surface area contributed by atoms with Crippen LogP contribution in [0, 0.1) is 0 Å². The number of aryl methyl sites for hydroxylation is 1. The van der Waals surface area contributed by atoms with Crippen LogP contribution in [0.2, 0.25) is 0 Å². The summed E-state index contributed by atoms with van der Waals surface area (Å²) in [6.07, 6.45) is 5.21. The van der Waals surface area contributed by atoms with Gasteiger partial charge in [0.25, 0.3) is 0 Å². The zero-order valence-electron chi connectivity index (χ0n) is 12.6. The number of piperazine rings is 1. The first-order valence-corrected chi connectivity index (χ1v) is 7.64. The van der Waals surface area contributed by atoms with Gasteiger partial charge in [0.15, 0.2) is 0 Å². The Morgan fingerprint density at radius 2 is 1.90 bits per heavy atom. The second kappa shape index (κ2) is 5.30. The third kappa shape index (κ3) is 2.40. The van der Waals surface area contributed by atoms with Crippen molar-refractivity contribution in [2.75, 3.05) is 37.6 Å². The molecule has 0 saturated carbocycles. The van der Waals surface area contributed by atoms with Gasteiger partial charge in [0.2, 0.25) is 0 Å². The second-order valence-corrected chi connectivity index (χ2v) is 6.47. The standard InChI is InChI=1S/C15H25N5/c1-15(2,10-16)20-8-6-19(7-9-20)14-12-4-3-5-13(12)17-11-18-14/h11H,3-10,16H2,1-2H3. The summed E-state index contributed by atoms with van der Waals surface area (Å²) in [5, 5.41) is 0. The van der Waals surface area contributed by atoms with Gasteiger partial charge in [-0.05, 0) is 33.1 Å². The normalized spacial score (nSPS) is 20.2. The quantitative estimate of drug-likeness (QED) is 0.885. The molecule has 0 radical (unpaired) electrons. The van der Waals surface area contributed by atoms with Gasteiger partial charge in [0.1, 0.15) is 12.1 Å². The van der Waals surface area contributed by atoms with E-state index in [-0.39, 0.29) is 5.54 Å². The lowest BCUT2D eigenvalue weighted by Crippen LogP contribution is -2.57. The van der Waals surface area contributed by atoms with Crippen LogP contribution in [0.3, 0.4) is 0 Å². The van der Waals surface area contributed by atoms with Gasteiger partial charge in [-0.1, -0.05) is 0 Å². The molecule has 2 heterocycles. The van der Waals surface area contributed by atoms with Crippen molar-refractivity contribution in [2.45, 2.75) is 38.6 Å². The minimum Gasteiger partial charge on any atom is -0.354 e. The van der Waals surface area contributed by atoms with Crippen molar-refractivity contribution >= 4 is 5.82 Å². The van der Waals surface area contributed by atoms with Crippen LogP contribution in [0.25, 0.3) is 0 Å². The molecule has 0 atom stereocenters. The molecule has 0 unspecified atom stereocenters.